The number of nitrogens with zero attached hydrogens (tertiary/aromatic N) is 2. The summed E-state index contributed by atoms with van der Waals surface area (Å²) in [4.78, 5) is 31.2. The minimum atomic E-state index is -1.14. The zero-order valence-electron chi connectivity index (χ0n) is 17.7. The van der Waals surface area contributed by atoms with Gasteiger partial charge in [0.25, 0.3) is 0 Å². The van der Waals surface area contributed by atoms with Crippen LogP contribution in [0.25, 0.3) is 0 Å². The van der Waals surface area contributed by atoms with Crippen molar-refractivity contribution in [3.63, 3.8) is 0 Å². The molecule has 0 saturated carbocycles. The number of hydrogen-bond acceptors (Lipinski definition) is 4. The zero-order chi connectivity index (χ0) is 23.1. The van der Waals surface area contributed by atoms with Crippen LogP contribution in [-0.4, -0.2) is 30.1 Å². The summed E-state index contributed by atoms with van der Waals surface area (Å²) < 4.78 is 32.6. The number of para-hydroxylation sites is 1. The summed E-state index contributed by atoms with van der Waals surface area (Å²) in [6, 6.07) is 13.7. The number of ether oxygens (including phenoxy) is 1. The van der Waals surface area contributed by atoms with Crippen LogP contribution in [0.15, 0.2) is 66.9 Å². The van der Waals surface area contributed by atoms with Gasteiger partial charge < -0.3 is 15.0 Å². The maximum Gasteiger partial charge on any atom is 0.413 e. The van der Waals surface area contributed by atoms with E-state index in [1.54, 1.807) is 48.7 Å². The van der Waals surface area contributed by atoms with Crippen molar-refractivity contribution in [2.75, 3.05) is 11.9 Å². The summed E-state index contributed by atoms with van der Waals surface area (Å²) in [7, 11) is 1.54. The number of aromatic nitrogens is 1. The molecule has 3 aromatic rings. The minimum Gasteiger partial charge on any atom is -0.410 e. The highest BCUT2D eigenvalue weighted by atomic mass is 19.1. The number of hydrogen-bond donors (Lipinski definition) is 1. The van der Waals surface area contributed by atoms with Crippen molar-refractivity contribution in [1.82, 2.24) is 10.3 Å². The highest BCUT2D eigenvalue weighted by Crippen LogP contribution is 2.17. The fourth-order valence-electron chi connectivity index (χ4n) is 3.12. The molecule has 32 heavy (non-hydrogen) atoms. The molecule has 0 bridgehead atoms. The van der Waals surface area contributed by atoms with Crippen molar-refractivity contribution < 1.29 is 23.1 Å². The van der Waals surface area contributed by atoms with Crippen LogP contribution in [0.2, 0.25) is 0 Å². The first-order valence-corrected chi connectivity index (χ1v) is 10.1. The Labute approximate surface area is 184 Å². The Morgan fingerprint density at radius 3 is 2.34 bits per heavy atom. The van der Waals surface area contributed by atoms with E-state index >= 15 is 0 Å². The van der Waals surface area contributed by atoms with E-state index in [2.05, 4.69) is 10.3 Å². The molecule has 166 valence electrons. The lowest BCUT2D eigenvalue weighted by molar-refractivity contribution is -0.120. The predicted molar refractivity (Wildman–Crippen MR) is 116 cm³/mol. The molecular weight excluding hydrogens is 416 g/mol. The number of aryl methyl sites for hydroxylation is 1. The molecule has 0 unspecified atom stereocenters. The lowest BCUT2D eigenvalue weighted by atomic mass is 10.0. The van der Waals surface area contributed by atoms with Crippen molar-refractivity contribution in [3.05, 3.63) is 89.8 Å². The van der Waals surface area contributed by atoms with Crippen molar-refractivity contribution in [3.8, 4) is 5.75 Å². The van der Waals surface area contributed by atoms with Gasteiger partial charge in [-0.05, 0) is 48.4 Å². The molecule has 1 heterocycles. The Kier molecular flexibility index (Phi) is 7.49. The molecule has 0 aliphatic rings. The SMILES string of the molecule is CCc1ccc(N(C)C(=O)[C@H](Cc2cc(F)cc(F)c2)NC(=O)Oc2ccccc2)cn1. The normalized spacial score (nSPS) is 11.5. The Hall–Kier alpha value is -3.81. The summed E-state index contributed by atoms with van der Waals surface area (Å²) >= 11 is 0. The number of nitrogens with one attached hydrogen (secondary N) is 1. The van der Waals surface area contributed by atoms with E-state index in [-0.39, 0.29) is 12.0 Å². The number of amides is 2. The number of carbonyl (C=O) groups is 2. The third-order valence-corrected chi connectivity index (χ3v) is 4.80. The third-order valence-electron chi connectivity index (χ3n) is 4.80. The summed E-state index contributed by atoms with van der Waals surface area (Å²) in [6.45, 7) is 1.97. The number of carbonyl (C=O) groups excluding carboxylic acids is 2. The average Bonchev–Trinajstić information content (AvgIpc) is 2.77. The molecule has 0 radical (unpaired) electrons. The van der Waals surface area contributed by atoms with Crippen LogP contribution in [0.4, 0.5) is 19.3 Å². The Morgan fingerprint density at radius 1 is 1.06 bits per heavy atom. The fourth-order valence-corrected chi connectivity index (χ4v) is 3.12. The quantitative estimate of drug-likeness (QED) is 0.596. The third kappa shape index (κ3) is 6.10. The maximum atomic E-state index is 13.7. The summed E-state index contributed by atoms with van der Waals surface area (Å²) in [5, 5.41) is 2.51. The van der Waals surface area contributed by atoms with Gasteiger partial charge in [0.15, 0.2) is 0 Å². The van der Waals surface area contributed by atoms with Gasteiger partial charge in [-0.2, -0.15) is 0 Å². The highest BCUT2D eigenvalue weighted by molar-refractivity contribution is 5.98. The monoisotopic (exact) mass is 439 g/mol. The largest absolute Gasteiger partial charge is 0.413 e. The van der Waals surface area contributed by atoms with Crippen LogP contribution < -0.4 is 15.0 Å². The number of halogens is 2. The molecule has 0 saturated heterocycles. The molecule has 6 nitrogen and oxygen atoms in total. The van der Waals surface area contributed by atoms with E-state index in [1.807, 2.05) is 6.92 Å². The summed E-state index contributed by atoms with van der Waals surface area (Å²) in [6.07, 6.45) is 1.30. The molecule has 1 aromatic heterocycles. The van der Waals surface area contributed by atoms with Crippen molar-refractivity contribution >= 4 is 17.7 Å². The molecule has 8 heteroatoms. The van der Waals surface area contributed by atoms with E-state index in [0.717, 1.165) is 30.3 Å². The Morgan fingerprint density at radius 2 is 1.75 bits per heavy atom. The van der Waals surface area contributed by atoms with Gasteiger partial charge >= 0.3 is 6.09 Å². The molecule has 2 aromatic carbocycles. The standard InChI is InChI=1S/C24H23F2N3O3/c1-3-19-9-10-20(15-27-19)29(2)23(30)22(13-16-11-17(25)14-18(26)12-16)28-24(31)32-21-7-5-4-6-8-21/h4-12,14-15,22H,3,13H2,1-2H3,(H,28,31)/t22-/m0/s1. The van der Waals surface area contributed by atoms with E-state index < -0.39 is 29.7 Å². The molecule has 1 N–H and O–H groups in total. The van der Waals surface area contributed by atoms with Crippen molar-refractivity contribution in [2.24, 2.45) is 0 Å². The minimum absolute atomic E-state index is 0.137. The first-order valence-electron chi connectivity index (χ1n) is 10.1. The van der Waals surface area contributed by atoms with Gasteiger partial charge in [0, 0.05) is 25.2 Å². The van der Waals surface area contributed by atoms with Crippen molar-refractivity contribution in [2.45, 2.75) is 25.8 Å². The molecule has 2 amide bonds. The number of likely N-dealkylation sites (N-methyl/N-ethyl adjacent to an activating group) is 1. The maximum absolute atomic E-state index is 13.7. The number of pyridine rings is 1. The van der Waals surface area contributed by atoms with Gasteiger partial charge in [0.2, 0.25) is 5.91 Å². The second kappa shape index (κ2) is 10.5. The first kappa shape index (κ1) is 22.9. The molecule has 0 aliphatic heterocycles. The number of anilines is 1. The first-order chi connectivity index (χ1) is 15.4. The lowest BCUT2D eigenvalue weighted by Crippen LogP contribution is -2.49. The molecule has 0 spiro atoms. The van der Waals surface area contributed by atoms with Crippen LogP contribution in [0.5, 0.6) is 5.75 Å². The second-order valence-corrected chi connectivity index (χ2v) is 7.14. The van der Waals surface area contributed by atoms with Crippen LogP contribution in [0.3, 0.4) is 0 Å². The topological polar surface area (TPSA) is 71.5 Å². The van der Waals surface area contributed by atoms with Gasteiger partial charge in [-0.15, -0.1) is 0 Å². The van der Waals surface area contributed by atoms with Crippen LogP contribution in [0.1, 0.15) is 18.2 Å². The molecule has 0 fully saturated rings. The second-order valence-electron chi connectivity index (χ2n) is 7.14. The predicted octanol–water partition coefficient (Wildman–Crippen LogP) is 4.28. The summed E-state index contributed by atoms with van der Waals surface area (Å²) in [5.74, 6) is -1.75. The lowest BCUT2D eigenvalue weighted by Gasteiger charge is -2.24. The van der Waals surface area contributed by atoms with Crippen LogP contribution in [0, 0.1) is 11.6 Å². The highest BCUT2D eigenvalue weighted by Gasteiger charge is 2.26. The van der Waals surface area contributed by atoms with E-state index in [0.29, 0.717) is 11.4 Å². The van der Waals surface area contributed by atoms with Gasteiger partial charge in [0.05, 0.1) is 11.9 Å². The van der Waals surface area contributed by atoms with Gasteiger partial charge in [0.1, 0.15) is 23.4 Å². The molecule has 3 rings (SSSR count). The van der Waals surface area contributed by atoms with Gasteiger partial charge in [-0.1, -0.05) is 25.1 Å². The van der Waals surface area contributed by atoms with E-state index in [1.165, 1.54) is 11.9 Å². The molecule has 1 atom stereocenters. The average molecular weight is 439 g/mol. The molecular formula is C24H23F2N3O3. The van der Waals surface area contributed by atoms with Gasteiger partial charge in [-0.3, -0.25) is 9.78 Å². The Balaban J connectivity index is 1.82. The van der Waals surface area contributed by atoms with E-state index in [9.17, 15) is 18.4 Å². The smallest absolute Gasteiger partial charge is 0.410 e. The van der Waals surface area contributed by atoms with E-state index in [4.69, 9.17) is 4.74 Å². The molecule has 0 aliphatic carbocycles. The zero-order valence-corrected chi connectivity index (χ0v) is 17.7. The number of rotatable bonds is 7. The number of benzene rings is 2. The van der Waals surface area contributed by atoms with Crippen molar-refractivity contribution in [1.29, 1.82) is 0 Å². The van der Waals surface area contributed by atoms with Crippen LogP contribution in [-0.2, 0) is 17.6 Å². The summed E-state index contributed by atoms with van der Waals surface area (Å²) in [5.41, 5.74) is 1.60. The fraction of sp³-hybridized carbons (Fsp3) is 0.208. The Bertz CT molecular complexity index is 1060. The van der Waals surface area contributed by atoms with Gasteiger partial charge in [-0.25, -0.2) is 13.6 Å². The van der Waals surface area contributed by atoms with Crippen LogP contribution >= 0.6 is 0 Å².